The van der Waals surface area contributed by atoms with Crippen LogP contribution in [0.5, 0.6) is 0 Å². The molecular formula is C13H20N2O. The van der Waals surface area contributed by atoms with Gasteiger partial charge in [-0.25, -0.2) is 0 Å². The van der Waals surface area contributed by atoms with E-state index in [0.717, 1.165) is 32.2 Å². The summed E-state index contributed by atoms with van der Waals surface area (Å²) >= 11 is 0. The smallest absolute Gasteiger partial charge is 0.243 e. The summed E-state index contributed by atoms with van der Waals surface area (Å²) in [7, 11) is 0. The fourth-order valence-corrected chi connectivity index (χ4v) is 2.73. The standard InChI is InChI=1S/C13H20N2O/c1-2-15(11-6-4-3-5-7-11)12(16)13(10-14)8-9-13/h11H,2-9H2,1H3. The second-order valence-electron chi connectivity index (χ2n) is 5.08. The Hall–Kier alpha value is -1.04. The Balaban J connectivity index is 2.04. The minimum absolute atomic E-state index is 0.101. The summed E-state index contributed by atoms with van der Waals surface area (Å²) in [6, 6.07) is 2.61. The highest BCUT2D eigenvalue weighted by molar-refractivity contribution is 5.88. The van der Waals surface area contributed by atoms with Gasteiger partial charge in [-0.15, -0.1) is 0 Å². The molecule has 0 heterocycles. The van der Waals surface area contributed by atoms with Crippen molar-refractivity contribution in [2.75, 3.05) is 6.54 Å². The minimum atomic E-state index is -0.631. The zero-order valence-electron chi connectivity index (χ0n) is 10.0. The molecule has 0 saturated heterocycles. The molecule has 2 aliphatic rings. The predicted molar refractivity (Wildman–Crippen MR) is 61.5 cm³/mol. The van der Waals surface area contributed by atoms with E-state index in [1.54, 1.807) is 0 Å². The summed E-state index contributed by atoms with van der Waals surface area (Å²) in [4.78, 5) is 14.3. The lowest BCUT2D eigenvalue weighted by atomic mass is 9.93. The molecule has 16 heavy (non-hydrogen) atoms. The van der Waals surface area contributed by atoms with E-state index >= 15 is 0 Å². The van der Waals surface area contributed by atoms with Crippen molar-refractivity contribution >= 4 is 5.91 Å². The molecule has 1 amide bonds. The van der Waals surface area contributed by atoms with Crippen molar-refractivity contribution in [1.29, 1.82) is 5.26 Å². The number of carbonyl (C=O) groups is 1. The van der Waals surface area contributed by atoms with Gasteiger partial charge in [0, 0.05) is 12.6 Å². The summed E-state index contributed by atoms with van der Waals surface area (Å²) in [5.74, 6) is 0.101. The zero-order chi connectivity index (χ0) is 11.6. The van der Waals surface area contributed by atoms with Crippen molar-refractivity contribution < 1.29 is 4.79 Å². The third kappa shape index (κ3) is 1.93. The molecule has 2 aliphatic carbocycles. The number of nitrogens with zero attached hydrogens (tertiary/aromatic N) is 2. The first-order valence-electron chi connectivity index (χ1n) is 6.46. The van der Waals surface area contributed by atoms with E-state index in [0.29, 0.717) is 6.04 Å². The molecule has 2 saturated carbocycles. The average Bonchev–Trinajstić information content (AvgIpc) is 3.12. The SMILES string of the molecule is CCN(C(=O)C1(C#N)CC1)C1CCCCC1. The van der Waals surface area contributed by atoms with Crippen LogP contribution in [0.3, 0.4) is 0 Å². The fraction of sp³-hybridized carbons (Fsp3) is 0.846. The normalized spacial score (nSPS) is 23.5. The molecule has 3 heteroatoms. The van der Waals surface area contributed by atoms with Crippen LogP contribution < -0.4 is 0 Å². The van der Waals surface area contributed by atoms with Crippen molar-refractivity contribution in [3.05, 3.63) is 0 Å². The summed E-state index contributed by atoms with van der Waals surface area (Å²) in [5, 5.41) is 9.07. The van der Waals surface area contributed by atoms with Gasteiger partial charge in [0.2, 0.25) is 5.91 Å². The molecule has 88 valence electrons. The molecule has 0 bridgehead atoms. The highest BCUT2D eigenvalue weighted by atomic mass is 16.2. The minimum Gasteiger partial charge on any atom is -0.339 e. The monoisotopic (exact) mass is 220 g/mol. The molecule has 0 aliphatic heterocycles. The molecule has 0 aromatic rings. The highest BCUT2D eigenvalue weighted by Gasteiger charge is 2.53. The molecular weight excluding hydrogens is 200 g/mol. The average molecular weight is 220 g/mol. The summed E-state index contributed by atoms with van der Waals surface area (Å²) in [6.45, 7) is 2.78. The van der Waals surface area contributed by atoms with Gasteiger partial charge in [-0.2, -0.15) is 5.26 Å². The Labute approximate surface area is 97.4 Å². The van der Waals surface area contributed by atoms with Gasteiger partial charge in [-0.1, -0.05) is 19.3 Å². The maximum Gasteiger partial charge on any atom is 0.243 e. The van der Waals surface area contributed by atoms with Crippen LogP contribution in [0.15, 0.2) is 0 Å². The van der Waals surface area contributed by atoms with Gasteiger partial charge in [-0.05, 0) is 32.6 Å². The van der Waals surface area contributed by atoms with Crippen LogP contribution in [0.2, 0.25) is 0 Å². The van der Waals surface area contributed by atoms with Crippen molar-refractivity contribution in [3.63, 3.8) is 0 Å². The van der Waals surface area contributed by atoms with Crippen LogP contribution >= 0.6 is 0 Å². The molecule has 2 rings (SSSR count). The maximum absolute atomic E-state index is 12.3. The Morgan fingerprint density at radius 2 is 2.00 bits per heavy atom. The summed E-state index contributed by atoms with van der Waals surface area (Å²) in [6.07, 6.45) is 7.55. The quantitative estimate of drug-likeness (QED) is 0.733. The molecule has 0 unspecified atom stereocenters. The van der Waals surface area contributed by atoms with E-state index in [-0.39, 0.29) is 5.91 Å². The number of nitriles is 1. The Kier molecular flexibility index (Phi) is 3.18. The van der Waals surface area contributed by atoms with Crippen LogP contribution in [-0.2, 0) is 4.79 Å². The Morgan fingerprint density at radius 1 is 1.38 bits per heavy atom. The fourth-order valence-electron chi connectivity index (χ4n) is 2.73. The van der Waals surface area contributed by atoms with Gasteiger partial charge in [0.15, 0.2) is 0 Å². The maximum atomic E-state index is 12.3. The van der Waals surface area contributed by atoms with E-state index in [2.05, 4.69) is 6.07 Å². The van der Waals surface area contributed by atoms with Crippen molar-refractivity contribution in [3.8, 4) is 6.07 Å². The van der Waals surface area contributed by atoms with Crippen molar-refractivity contribution in [2.45, 2.75) is 57.9 Å². The topological polar surface area (TPSA) is 44.1 Å². The van der Waals surface area contributed by atoms with Crippen LogP contribution in [0.25, 0.3) is 0 Å². The molecule has 0 aromatic carbocycles. The van der Waals surface area contributed by atoms with Crippen LogP contribution in [0.1, 0.15) is 51.9 Å². The van der Waals surface area contributed by atoms with Gasteiger partial charge in [-0.3, -0.25) is 4.79 Å². The highest BCUT2D eigenvalue weighted by Crippen LogP contribution is 2.47. The van der Waals surface area contributed by atoms with E-state index < -0.39 is 5.41 Å². The molecule has 0 spiro atoms. The molecule has 3 nitrogen and oxygen atoms in total. The van der Waals surface area contributed by atoms with Gasteiger partial charge >= 0.3 is 0 Å². The number of carbonyl (C=O) groups excluding carboxylic acids is 1. The molecule has 0 atom stereocenters. The number of amides is 1. The number of rotatable bonds is 3. The Bertz CT molecular complexity index is 308. The van der Waals surface area contributed by atoms with Crippen LogP contribution in [0, 0.1) is 16.7 Å². The first kappa shape index (κ1) is 11.4. The second-order valence-corrected chi connectivity index (χ2v) is 5.08. The van der Waals surface area contributed by atoms with Crippen LogP contribution in [0.4, 0.5) is 0 Å². The predicted octanol–water partition coefficient (Wildman–Crippen LogP) is 2.47. The lowest BCUT2D eigenvalue weighted by Gasteiger charge is -2.34. The third-order valence-electron chi connectivity index (χ3n) is 3.99. The van der Waals surface area contributed by atoms with Gasteiger partial charge in [0.1, 0.15) is 5.41 Å². The van der Waals surface area contributed by atoms with Crippen LogP contribution in [-0.4, -0.2) is 23.4 Å². The second kappa shape index (κ2) is 4.45. The molecule has 0 aromatic heterocycles. The zero-order valence-corrected chi connectivity index (χ0v) is 10.0. The van der Waals surface area contributed by atoms with E-state index in [4.69, 9.17) is 5.26 Å². The lowest BCUT2D eigenvalue weighted by Crippen LogP contribution is -2.44. The molecule has 2 fully saturated rings. The van der Waals surface area contributed by atoms with Gasteiger partial charge in [0.25, 0.3) is 0 Å². The first-order valence-corrected chi connectivity index (χ1v) is 6.46. The van der Waals surface area contributed by atoms with Gasteiger partial charge < -0.3 is 4.90 Å². The number of hydrogen-bond acceptors (Lipinski definition) is 2. The Morgan fingerprint density at radius 3 is 2.44 bits per heavy atom. The van der Waals surface area contributed by atoms with E-state index in [9.17, 15) is 4.79 Å². The van der Waals surface area contributed by atoms with Gasteiger partial charge in [0.05, 0.1) is 6.07 Å². The van der Waals surface area contributed by atoms with Crippen molar-refractivity contribution in [2.24, 2.45) is 5.41 Å². The lowest BCUT2D eigenvalue weighted by molar-refractivity contribution is -0.137. The summed E-state index contributed by atoms with van der Waals surface area (Å²) < 4.78 is 0. The number of hydrogen-bond donors (Lipinski definition) is 0. The third-order valence-corrected chi connectivity index (χ3v) is 3.99. The molecule has 0 N–H and O–H groups in total. The molecule has 0 radical (unpaired) electrons. The van der Waals surface area contributed by atoms with Crippen molar-refractivity contribution in [1.82, 2.24) is 4.90 Å². The van der Waals surface area contributed by atoms with E-state index in [1.807, 2.05) is 11.8 Å². The largest absolute Gasteiger partial charge is 0.339 e. The first-order chi connectivity index (χ1) is 7.73. The van der Waals surface area contributed by atoms with E-state index in [1.165, 1.54) is 19.3 Å². The summed E-state index contributed by atoms with van der Waals surface area (Å²) in [5.41, 5.74) is -0.631.